The Kier molecular flexibility index (Phi) is 3.76. The highest BCUT2D eigenvalue weighted by atomic mass is 35.5. The van der Waals surface area contributed by atoms with Gasteiger partial charge in [-0.1, -0.05) is 37.6 Å². The molecule has 72 valence electrons. The molecule has 1 rings (SSSR count). The molecule has 0 spiro atoms. The summed E-state index contributed by atoms with van der Waals surface area (Å²) >= 11 is 6.12. The van der Waals surface area contributed by atoms with Crippen LogP contribution >= 0.6 is 11.6 Å². The van der Waals surface area contributed by atoms with E-state index in [0.717, 1.165) is 11.4 Å². The molecule has 1 aromatic rings. The van der Waals surface area contributed by atoms with Crippen molar-refractivity contribution in [3.8, 4) is 0 Å². The van der Waals surface area contributed by atoms with Crippen molar-refractivity contribution in [1.29, 1.82) is 0 Å². The maximum absolute atomic E-state index is 6.12. The van der Waals surface area contributed by atoms with Crippen molar-refractivity contribution < 1.29 is 0 Å². The summed E-state index contributed by atoms with van der Waals surface area (Å²) < 4.78 is 0. The summed E-state index contributed by atoms with van der Waals surface area (Å²) in [4.78, 5) is 0. The summed E-state index contributed by atoms with van der Waals surface area (Å²) in [6.45, 7) is 4.96. The van der Waals surface area contributed by atoms with Crippen LogP contribution in [0.2, 0.25) is 5.02 Å². The number of nitrogens with two attached hydrogens (primary N) is 1. The third-order valence-electron chi connectivity index (χ3n) is 2.12. The zero-order valence-corrected chi connectivity index (χ0v) is 8.93. The Labute approximate surface area is 84.9 Å². The van der Waals surface area contributed by atoms with Gasteiger partial charge in [-0.05, 0) is 36.1 Å². The first-order valence-corrected chi connectivity index (χ1v) is 5.01. The lowest BCUT2D eigenvalue weighted by Gasteiger charge is -2.09. The summed E-state index contributed by atoms with van der Waals surface area (Å²) in [5, 5.41) is 0.862. The molecule has 0 aromatic heterocycles. The third-order valence-corrected chi connectivity index (χ3v) is 2.45. The molecular weight excluding hydrogens is 182 g/mol. The molecule has 0 heterocycles. The van der Waals surface area contributed by atoms with Crippen LogP contribution in [0.15, 0.2) is 18.2 Å². The summed E-state index contributed by atoms with van der Waals surface area (Å²) in [6.07, 6.45) is 0.901. The van der Waals surface area contributed by atoms with Crippen LogP contribution in [-0.2, 0) is 6.42 Å². The van der Waals surface area contributed by atoms with E-state index in [1.54, 1.807) is 0 Å². The van der Waals surface area contributed by atoms with Gasteiger partial charge in [0.2, 0.25) is 0 Å². The van der Waals surface area contributed by atoms with Crippen LogP contribution < -0.4 is 5.73 Å². The molecule has 0 aliphatic carbocycles. The molecule has 1 nitrogen and oxygen atoms in total. The summed E-state index contributed by atoms with van der Waals surface area (Å²) in [6, 6.07) is 6.22. The smallest absolute Gasteiger partial charge is 0.0443 e. The lowest BCUT2D eigenvalue weighted by molar-refractivity contribution is 0.863. The average molecular weight is 198 g/mol. The minimum absolute atomic E-state index is 0.486. The second-order valence-corrected chi connectivity index (χ2v) is 3.96. The lowest BCUT2D eigenvalue weighted by atomic mass is 10.0. The Bertz CT molecular complexity index is 281. The van der Waals surface area contributed by atoms with Gasteiger partial charge in [-0.25, -0.2) is 0 Å². The van der Waals surface area contributed by atoms with Crippen LogP contribution in [0.4, 0.5) is 0 Å². The molecule has 0 fully saturated rings. The maximum atomic E-state index is 6.12. The second kappa shape index (κ2) is 4.64. The first-order chi connectivity index (χ1) is 6.15. The largest absolute Gasteiger partial charge is 0.330 e. The molecule has 0 bridgehead atoms. The molecule has 0 aliphatic rings. The maximum Gasteiger partial charge on any atom is 0.0443 e. The van der Waals surface area contributed by atoms with Crippen LogP contribution in [0.5, 0.6) is 0 Å². The van der Waals surface area contributed by atoms with Gasteiger partial charge in [0, 0.05) is 5.02 Å². The van der Waals surface area contributed by atoms with E-state index in [2.05, 4.69) is 26.0 Å². The zero-order chi connectivity index (χ0) is 9.84. The van der Waals surface area contributed by atoms with Crippen LogP contribution in [0.25, 0.3) is 0 Å². The minimum Gasteiger partial charge on any atom is -0.330 e. The quantitative estimate of drug-likeness (QED) is 0.792. The topological polar surface area (TPSA) is 26.0 Å². The fourth-order valence-electron chi connectivity index (χ4n) is 1.36. The number of hydrogen-bond acceptors (Lipinski definition) is 1. The average Bonchev–Trinajstić information content (AvgIpc) is 2.04. The van der Waals surface area contributed by atoms with Gasteiger partial charge in [0.1, 0.15) is 0 Å². The molecule has 0 amide bonds. The highest BCUT2D eigenvalue weighted by Gasteiger charge is 2.04. The molecule has 13 heavy (non-hydrogen) atoms. The van der Waals surface area contributed by atoms with Crippen molar-refractivity contribution in [1.82, 2.24) is 0 Å². The summed E-state index contributed by atoms with van der Waals surface area (Å²) in [5.41, 5.74) is 7.90. The SMILES string of the molecule is CC(C)c1ccc(CCN)cc1Cl. The van der Waals surface area contributed by atoms with Crippen molar-refractivity contribution in [2.45, 2.75) is 26.2 Å². The normalized spacial score (nSPS) is 10.8. The van der Waals surface area contributed by atoms with Gasteiger partial charge in [0.15, 0.2) is 0 Å². The Hall–Kier alpha value is -0.530. The predicted octanol–water partition coefficient (Wildman–Crippen LogP) is 2.96. The van der Waals surface area contributed by atoms with Gasteiger partial charge in [-0.2, -0.15) is 0 Å². The van der Waals surface area contributed by atoms with Gasteiger partial charge >= 0.3 is 0 Å². The summed E-state index contributed by atoms with van der Waals surface area (Å²) in [7, 11) is 0. The van der Waals surface area contributed by atoms with E-state index in [0.29, 0.717) is 12.5 Å². The molecule has 0 unspecified atom stereocenters. The standard InChI is InChI=1S/C11H16ClN/c1-8(2)10-4-3-9(5-6-13)7-11(10)12/h3-4,7-8H,5-6,13H2,1-2H3. The molecule has 2 heteroatoms. The van der Waals surface area contributed by atoms with Crippen LogP contribution in [0.1, 0.15) is 30.9 Å². The molecule has 2 N–H and O–H groups in total. The van der Waals surface area contributed by atoms with Crippen LogP contribution in [0, 0.1) is 0 Å². The first kappa shape index (κ1) is 10.6. The Morgan fingerprint density at radius 1 is 1.38 bits per heavy atom. The Morgan fingerprint density at radius 3 is 2.54 bits per heavy atom. The van der Waals surface area contributed by atoms with E-state index in [9.17, 15) is 0 Å². The highest BCUT2D eigenvalue weighted by Crippen LogP contribution is 2.25. The Balaban J connectivity index is 2.92. The highest BCUT2D eigenvalue weighted by molar-refractivity contribution is 6.31. The van der Waals surface area contributed by atoms with E-state index in [1.165, 1.54) is 11.1 Å². The summed E-state index contributed by atoms with van der Waals surface area (Å²) in [5.74, 6) is 0.486. The fraction of sp³-hybridized carbons (Fsp3) is 0.455. The minimum atomic E-state index is 0.486. The van der Waals surface area contributed by atoms with Gasteiger partial charge in [-0.15, -0.1) is 0 Å². The van der Waals surface area contributed by atoms with Crippen molar-refractivity contribution in [2.24, 2.45) is 5.73 Å². The Morgan fingerprint density at radius 2 is 2.08 bits per heavy atom. The third kappa shape index (κ3) is 2.71. The van der Waals surface area contributed by atoms with Crippen LogP contribution in [-0.4, -0.2) is 6.54 Å². The number of benzene rings is 1. The van der Waals surface area contributed by atoms with Gasteiger partial charge in [-0.3, -0.25) is 0 Å². The van der Waals surface area contributed by atoms with Crippen molar-refractivity contribution in [2.75, 3.05) is 6.54 Å². The fourth-order valence-corrected chi connectivity index (χ4v) is 1.78. The van der Waals surface area contributed by atoms with Crippen LogP contribution in [0.3, 0.4) is 0 Å². The van der Waals surface area contributed by atoms with E-state index in [4.69, 9.17) is 17.3 Å². The molecular formula is C11H16ClN. The molecule has 0 saturated heterocycles. The second-order valence-electron chi connectivity index (χ2n) is 3.55. The number of rotatable bonds is 3. The molecule has 0 saturated carbocycles. The molecule has 0 atom stereocenters. The lowest BCUT2D eigenvalue weighted by Crippen LogP contribution is -2.03. The van der Waals surface area contributed by atoms with Gasteiger partial charge < -0.3 is 5.73 Å². The van der Waals surface area contributed by atoms with Gasteiger partial charge in [0.05, 0.1) is 0 Å². The monoisotopic (exact) mass is 197 g/mol. The molecule has 0 aliphatic heterocycles. The van der Waals surface area contributed by atoms with Gasteiger partial charge in [0.25, 0.3) is 0 Å². The van der Waals surface area contributed by atoms with E-state index < -0.39 is 0 Å². The van der Waals surface area contributed by atoms with E-state index in [-0.39, 0.29) is 0 Å². The zero-order valence-electron chi connectivity index (χ0n) is 8.18. The van der Waals surface area contributed by atoms with E-state index >= 15 is 0 Å². The van der Waals surface area contributed by atoms with Crippen molar-refractivity contribution in [3.63, 3.8) is 0 Å². The molecule has 1 aromatic carbocycles. The van der Waals surface area contributed by atoms with Crippen molar-refractivity contribution >= 4 is 11.6 Å². The first-order valence-electron chi connectivity index (χ1n) is 4.63. The van der Waals surface area contributed by atoms with E-state index in [1.807, 2.05) is 6.07 Å². The molecule has 0 radical (unpaired) electrons. The van der Waals surface area contributed by atoms with Crippen molar-refractivity contribution in [3.05, 3.63) is 34.3 Å². The predicted molar refractivity (Wildman–Crippen MR) is 58.3 cm³/mol. The number of halogens is 1. The number of hydrogen-bond donors (Lipinski definition) is 1.